The Morgan fingerprint density at radius 3 is 2.44 bits per heavy atom. The number of ether oxygens (including phenoxy) is 1. The minimum atomic E-state index is -0.880. The quantitative estimate of drug-likeness (QED) is 0.393. The standard InChI is InChI=1S/C12H18O4/c1-10(14)16-12(7-3-4-8-12)11(15)6-2-5-9-13/h9H,2-8H2,1H3. The van der Waals surface area contributed by atoms with Gasteiger partial charge in [-0.1, -0.05) is 0 Å². The second-order valence-corrected chi connectivity index (χ2v) is 4.28. The molecule has 1 aliphatic rings. The number of rotatable bonds is 6. The van der Waals surface area contributed by atoms with Gasteiger partial charge in [0.15, 0.2) is 11.4 Å². The van der Waals surface area contributed by atoms with Crippen LogP contribution in [0.3, 0.4) is 0 Å². The molecule has 0 amide bonds. The van der Waals surface area contributed by atoms with Crippen LogP contribution in [0.1, 0.15) is 51.9 Å². The van der Waals surface area contributed by atoms with Crippen LogP contribution in [-0.4, -0.2) is 23.6 Å². The molecule has 90 valence electrons. The highest BCUT2D eigenvalue weighted by Crippen LogP contribution is 2.35. The SMILES string of the molecule is CC(=O)OC1(C(=O)CCCC=O)CCCC1. The summed E-state index contributed by atoms with van der Waals surface area (Å²) in [4.78, 5) is 33.2. The lowest BCUT2D eigenvalue weighted by atomic mass is 9.92. The van der Waals surface area contributed by atoms with E-state index in [-0.39, 0.29) is 5.78 Å². The summed E-state index contributed by atoms with van der Waals surface area (Å²) in [6.45, 7) is 1.33. The van der Waals surface area contributed by atoms with Crippen molar-refractivity contribution >= 4 is 18.0 Å². The fourth-order valence-electron chi connectivity index (χ4n) is 2.23. The predicted molar refractivity (Wildman–Crippen MR) is 57.9 cm³/mol. The molecular weight excluding hydrogens is 208 g/mol. The topological polar surface area (TPSA) is 60.4 Å². The van der Waals surface area contributed by atoms with Crippen LogP contribution in [0.2, 0.25) is 0 Å². The fraction of sp³-hybridized carbons (Fsp3) is 0.750. The Labute approximate surface area is 95.3 Å². The number of hydrogen-bond donors (Lipinski definition) is 0. The normalized spacial score (nSPS) is 18.1. The molecule has 0 spiro atoms. The van der Waals surface area contributed by atoms with Gasteiger partial charge in [0.25, 0.3) is 0 Å². The van der Waals surface area contributed by atoms with Crippen molar-refractivity contribution in [2.24, 2.45) is 0 Å². The van der Waals surface area contributed by atoms with E-state index < -0.39 is 11.6 Å². The summed E-state index contributed by atoms with van der Waals surface area (Å²) in [7, 11) is 0. The first-order valence-electron chi connectivity index (χ1n) is 5.77. The highest BCUT2D eigenvalue weighted by atomic mass is 16.6. The molecule has 0 atom stereocenters. The van der Waals surface area contributed by atoms with Crippen LogP contribution in [0, 0.1) is 0 Å². The van der Waals surface area contributed by atoms with Crippen LogP contribution >= 0.6 is 0 Å². The Balaban J connectivity index is 2.58. The summed E-state index contributed by atoms with van der Waals surface area (Å²) < 4.78 is 5.21. The monoisotopic (exact) mass is 226 g/mol. The first-order chi connectivity index (χ1) is 7.60. The van der Waals surface area contributed by atoms with E-state index in [1.54, 1.807) is 0 Å². The van der Waals surface area contributed by atoms with Crippen molar-refractivity contribution in [2.75, 3.05) is 0 Å². The van der Waals surface area contributed by atoms with Gasteiger partial charge < -0.3 is 9.53 Å². The Morgan fingerprint density at radius 2 is 1.94 bits per heavy atom. The van der Waals surface area contributed by atoms with Crippen LogP contribution in [0.25, 0.3) is 0 Å². The zero-order valence-electron chi connectivity index (χ0n) is 9.66. The maximum absolute atomic E-state index is 12.0. The molecule has 0 aromatic rings. The van der Waals surface area contributed by atoms with Gasteiger partial charge in [-0.15, -0.1) is 0 Å². The molecule has 1 fully saturated rings. The van der Waals surface area contributed by atoms with Gasteiger partial charge in [0, 0.05) is 19.8 Å². The van der Waals surface area contributed by atoms with Crippen LogP contribution < -0.4 is 0 Å². The highest BCUT2D eigenvalue weighted by Gasteiger charge is 2.43. The van der Waals surface area contributed by atoms with Crippen LogP contribution in [-0.2, 0) is 19.1 Å². The van der Waals surface area contributed by atoms with Crippen molar-refractivity contribution in [3.63, 3.8) is 0 Å². The molecule has 1 saturated carbocycles. The van der Waals surface area contributed by atoms with E-state index in [0.717, 1.165) is 19.1 Å². The molecule has 0 radical (unpaired) electrons. The van der Waals surface area contributed by atoms with Crippen LogP contribution in [0.15, 0.2) is 0 Å². The Bertz CT molecular complexity index is 277. The van der Waals surface area contributed by atoms with E-state index in [1.165, 1.54) is 6.92 Å². The average molecular weight is 226 g/mol. The lowest BCUT2D eigenvalue weighted by molar-refractivity contribution is -0.165. The van der Waals surface area contributed by atoms with Gasteiger partial charge in [-0.2, -0.15) is 0 Å². The largest absolute Gasteiger partial charge is 0.451 e. The van der Waals surface area contributed by atoms with E-state index >= 15 is 0 Å². The third-order valence-corrected chi connectivity index (χ3v) is 2.98. The van der Waals surface area contributed by atoms with E-state index in [4.69, 9.17) is 4.74 Å². The van der Waals surface area contributed by atoms with E-state index in [1.807, 2.05) is 0 Å². The summed E-state index contributed by atoms with van der Waals surface area (Å²) in [6.07, 6.45) is 5.18. The summed E-state index contributed by atoms with van der Waals surface area (Å²) in [5.41, 5.74) is -0.880. The summed E-state index contributed by atoms with van der Waals surface area (Å²) in [6, 6.07) is 0. The molecule has 0 N–H and O–H groups in total. The first-order valence-corrected chi connectivity index (χ1v) is 5.77. The number of ketones is 1. The maximum Gasteiger partial charge on any atom is 0.303 e. The van der Waals surface area contributed by atoms with Gasteiger partial charge >= 0.3 is 5.97 Å². The Hall–Kier alpha value is -1.19. The lowest BCUT2D eigenvalue weighted by Crippen LogP contribution is -2.40. The van der Waals surface area contributed by atoms with Gasteiger partial charge in [0.05, 0.1) is 0 Å². The molecule has 0 aliphatic heterocycles. The number of aldehydes is 1. The van der Waals surface area contributed by atoms with Crippen molar-refractivity contribution in [3.05, 3.63) is 0 Å². The van der Waals surface area contributed by atoms with Crippen molar-refractivity contribution in [1.82, 2.24) is 0 Å². The molecule has 4 heteroatoms. The second kappa shape index (κ2) is 5.77. The van der Waals surface area contributed by atoms with Crippen LogP contribution in [0.5, 0.6) is 0 Å². The number of hydrogen-bond acceptors (Lipinski definition) is 4. The van der Waals surface area contributed by atoms with Gasteiger partial charge in [0.1, 0.15) is 6.29 Å². The summed E-state index contributed by atoms with van der Waals surface area (Å²) in [5, 5.41) is 0. The molecule has 16 heavy (non-hydrogen) atoms. The molecule has 1 rings (SSSR count). The van der Waals surface area contributed by atoms with Crippen molar-refractivity contribution in [2.45, 2.75) is 57.5 Å². The molecular formula is C12H18O4. The van der Waals surface area contributed by atoms with Crippen molar-refractivity contribution in [1.29, 1.82) is 0 Å². The van der Waals surface area contributed by atoms with E-state index in [0.29, 0.717) is 32.1 Å². The average Bonchev–Trinajstić information content (AvgIpc) is 2.67. The van der Waals surface area contributed by atoms with Crippen LogP contribution in [0.4, 0.5) is 0 Å². The number of esters is 1. The number of unbranched alkanes of at least 4 members (excludes halogenated alkanes) is 1. The number of carbonyl (C=O) groups excluding carboxylic acids is 3. The lowest BCUT2D eigenvalue weighted by Gasteiger charge is -2.26. The maximum atomic E-state index is 12.0. The molecule has 0 bridgehead atoms. The second-order valence-electron chi connectivity index (χ2n) is 4.28. The fourth-order valence-corrected chi connectivity index (χ4v) is 2.23. The van der Waals surface area contributed by atoms with Gasteiger partial charge in [-0.25, -0.2) is 0 Å². The Kier molecular flexibility index (Phi) is 4.65. The molecule has 0 unspecified atom stereocenters. The highest BCUT2D eigenvalue weighted by molar-refractivity contribution is 5.89. The number of Topliss-reactive ketones (excluding diaryl/α,β-unsaturated/α-hetero) is 1. The van der Waals surface area contributed by atoms with E-state index in [9.17, 15) is 14.4 Å². The summed E-state index contributed by atoms with van der Waals surface area (Å²) in [5.74, 6) is -0.423. The van der Waals surface area contributed by atoms with E-state index in [2.05, 4.69) is 0 Å². The molecule has 0 heterocycles. The van der Waals surface area contributed by atoms with Crippen molar-refractivity contribution < 1.29 is 19.1 Å². The molecule has 0 aromatic carbocycles. The van der Waals surface area contributed by atoms with Crippen molar-refractivity contribution in [3.8, 4) is 0 Å². The third kappa shape index (κ3) is 3.15. The molecule has 0 saturated heterocycles. The Morgan fingerprint density at radius 1 is 1.31 bits per heavy atom. The summed E-state index contributed by atoms with van der Waals surface area (Å²) >= 11 is 0. The van der Waals surface area contributed by atoms with Gasteiger partial charge in [-0.05, 0) is 32.1 Å². The zero-order chi connectivity index (χ0) is 12.0. The first kappa shape index (κ1) is 12.9. The molecule has 4 nitrogen and oxygen atoms in total. The minimum Gasteiger partial charge on any atom is -0.451 e. The van der Waals surface area contributed by atoms with Gasteiger partial charge in [0.2, 0.25) is 0 Å². The molecule has 1 aliphatic carbocycles. The molecule has 0 aromatic heterocycles. The minimum absolute atomic E-state index is 0.0259. The smallest absolute Gasteiger partial charge is 0.303 e. The zero-order valence-corrected chi connectivity index (χ0v) is 9.66. The number of carbonyl (C=O) groups is 3. The van der Waals surface area contributed by atoms with Gasteiger partial charge in [-0.3, -0.25) is 9.59 Å². The predicted octanol–water partition coefficient (Wildman–Crippen LogP) is 1.80. The third-order valence-electron chi connectivity index (χ3n) is 2.98.